The van der Waals surface area contributed by atoms with Crippen LogP contribution in [-0.2, 0) is 9.59 Å². The van der Waals surface area contributed by atoms with E-state index in [-0.39, 0.29) is 11.6 Å². The van der Waals surface area contributed by atoms with Crippen LogP contribution in [0.2, 0.25) is 0 Å². The van der Waals surface area contributed by atoms with E-state index < -0.39 is 0 Å². The van der Waals surface area contributed by atoms with Crippen LogP contribution in [0.4, 0.5) is 0 Å². The minimum Gasteiger partial charge on any atom is -0.300 e. The maximum Gasteiger partial charge on any atom is 0.155 e. The Morgan fingerprint density at radius 2 is 1.92 bits per heavy atom. The number of hydrogen-bond donors (Lipinski definition) is 0. The molecule has 0 amide bonds. The lowest BCUT2D eigenvalue weighted by molar-refractivity contribution is -0.122. The van der Waals surface area contributed by atoms with Crippen molar-refractivity contribution in [1.29, 1.82) is 0 Å². The molecule has 0 rings (SSSR count). The Kier molecular flexibility index (Phi) is 6.25. The molecular formula is C10H16O2. The summed E-state index contributed by atoms with van der Waals surface area (Å²) >= 11 is 0. The fourth-order valence-corrected chi connectivity index (χ4v) is 0.864. The van der Waals surface area contributed by atoms with Crippen LogP contribution in [0.5, 0.6) is 0 Å². The average Bonchev–Trinajstić information content (AvgIpc) is 2.10. The van der Waals surface area contributed by atoms with Gasteiger partial charge in [-0.1, -0.05) is 19.9 Å². The molecule has 2 nitrogen and oxygen atoms in total. The van der Waals surface area contributed by atoms with Crippen molar-refractivity contribution in [1.82, 2.24) is 0 Å². The van der Waals surface area contributed by atoms with Gasteiger partial charge in [0.2, 0.25) is 0 Å². The van der Waals surface area contributed by atoms with Gasteiger partial charge in [-0.3, -0.25) is 9.59 Å². The molecule has 0 N–H and O–H groups in total. The lowest BCUT2D eigenvalue weighted by atomic mass is 10.1. The Bertz CT molecular complexity index is 171. The number of rotatable bonds is 7. The molecule has 0 spiro atoms. The smallest absolute Gasteiger partial charge is 0.155 e. The predicted octanol–water partition coefficient (Wildman–Crippen LogP) is 2.28. The van der Waals surface area contributed by atoms with Gasteiger partial charge < -0.3 is 0 Å². The van der Waals surface area contributed by atoms with Crippen LogP contribution in [-0.4, -0.2) is 11.6 Å². The second-order valence-corrected chi connectivity index (χ2v) is 2.81. The number of carbonyl (C=O) groups excluding carboxylic acids is 2. The zero-order valence-electron chi connectivity index (χ0n) is 7.64. The zero-order valence-corrected chi connectivity index (χ0v) is 7.64. The first-order chi connectivity index (χ1) is 5.70. The van der Waals surface area contributed by atoms with Gasteiger partial charge in [0.25, 0.3) is 0 Å². The third-order valence-corrected chi connectivity index (χ3v) is 1.69. The van der Waals surface area contributed by atoms with Gasteiger partial charge in [0.05, 0.1) is 0 Å². The molecule has 0 fully saturated rings. The van der Waals surface area contributed by atoms with Gasteiger partial charge in [0.15, 0.2) is 5.78 Å². The summed E-state index contributed by atoms with van der Waals surface area (Å²) in [6.45, 7) is 5.38. The highest BCUT2D eigenvalue weighted by Gasteiger charge is 2.03. The molecule has 0 aromatic rings. The van der Waals surface area contributed by atoms with Crippen LogP contribution in [0.15, 0.2) is 12.7 Å². The number of Topliss-reactive ketones (excluding diaryl/α,β-unsaturated/α-hetero) is 1. The first kappa shape index (κ1) is 11.1. The summed E-state index contributed by atoms with van der Waals surface area (Å²) in [6.07, 6.45) is 4.55. The van der Waals surface area contributed by atoms with Crippen LogP contribution in [0.25, 0.3) is 0 Å². The summed E-state index contributed by atoms with van der Waals surface area (Å²) in [4.78, 5) is 21.8. The van der Waals surface area contributed by atoms with Gasteiger partial charge in [-0.15, -0.1) is 0 Å². The molecule has 0 aliphatic heterocycles. The lowest BCUT2D eigenvalue weighted by Crippen LogP contribution is -2.01. The van der Waals surface area contributed by atoms with Gasteiger partial charge >= 0.3 is 0 Å². The van der Waals surface area contributed by atoms with Crippen LogP contribution in [0, 0.1) is 0 Å². The van der Waals surface area contributed by atoms with E-state index in [0.29, 0.717) is 19.3 Å². The van der Waals surface area contributed by atoms with Crippen LogP contribution >= 0.6 is 0 Å². The Balaban J connectivity index is 3.43. The molecule has 0 saturated carbocycles. The summed E-state index contributed by atoms with van der Waals surface area (Å²) in [5.41, 5.74) is 0. The zero-order chi connectivity index (χ0) is 9.40. The standard InChI is InChI=1S/C10H16O2/c1-3-5-6-10(12)8-7-9(11)4-2/h4H,2-3,5-8H2,1H3. The van der Waals surface area contributed by atoms with Crippen molar-refractivity contribution in [3.05, 3.63) is 12.7 Å². The molecule has 68 valence electrons. The van der Waals surface area contributed by atoms with Crippen molar-refractivity contribution in [2.45, 2.75) is 39.0 Å². The van der Waals surface area contributed by atoms with Crippen molar-refractivity contribution >= 4 is 11.6 Å². The van der Waals surface area contributed by atoms with Crippen molar-refractivity contribution in [3.63, 3.8) is 0 Å². The number of allylic oxidation sites excluding steroid dienone is 1. The minimum absolute atomic E-state index is 0.0418. The fraction of sp³-hybridized carbons (Fsp3) is 0.600. The van der Waals surface area contributed by atoms with Crippen LogP contribution in [0.3, 0.4) is 0 Å². The topological polar surface area (TPSA) is 34.1 Å². The molecule has 0 atom stereocenters. The lowest BCUT2D eigenvalue weighted by Gasteiger charge is -1.96. The largest absolute Gasteiger partial charge is 0.300 e. The highest BCUT2D eigenvalue weighted by Crippen LogP contribution is 2.01. The van der Waals surface area contributed by atoms with E-state index in [4.69, 9.17) is 0 Å². The second-order valence-electron chi connectivity index (χ2n) is 2.81. The Morgan fingerprint density at radius 1 is 1.25 bits per heavy atom. The number of ketones is 2. The molecule has 0 bridgehead atoms. The number of carbonyl (C=O) groups is 2. The van der Waals surface area contributed by atoms with Crippen molar-refractivity contribution in [2.24, 2.45) is 0 Å². The van der Waals surface area contributed by atoms with Crippen molar-refractivity contribution in [3.8, 4) is 0 Å². The van der Waals surface area contributed by atoms with Crippen LogP contribution in [0.1, 0.15) is 39.0 Å². The normalized spacial score (nSPS) is 9.42. The van der Waals surface area contributed by atoms with E-state index >= 15 is 0 Å². The predicted molar refractivity (Wildman–Crippen MR) is 49.0 cm³/mol. The van der Waals surface area contributed by atoms with Crippen molar-refractivity contribution in [2.75, 3.05) is 0 Å². The molecule has 0 aromatic heterocycles. The maximum atomic E-state index is 11.0. The molecule has 0 saturated heterocycles. The Hall–Kier alpha value is -0.920. The van der Waals surface area contributed by atoms with E-state index in [2.05, 4.69) is 6.58 Å². The highest BCUT2D eigenvalue weighted by molar-refractivity contribution is 5.92. The van der Waals surface area contributed by atoms with Gasteiger partial charge in [0, 0.05) is 19.3 Å². The monoisotopic (exact) mass is 168 g/mol. The third kappa shape index (κ3) is 5.83. The summed E-state index contributed by atoms with van der Waals surface area (Å²) < 4.78 is 0. The molecule has 0 heterocycles. The molecular weight excluding hydrogens is 152 g/mol. The van der Waals surface area contributed by atoms with Gasteiger partial charge in [0.1, 0.15) is 5.78 Å². The molecule has 0 aliphatic carbocycles. The second kappa shape index (κ2) is 6.77. The Labute approximate surface area is 73.7 Å². The first-order valence-electron chi connectivity index (χ1n) is 4.37. The van der Waals surface area contributed by atoms with Gasteiger partial charge in [-0.2, -0.15) is 0 Å². The van der Waals surface area contributed by atoms with Crippen molar-refractivity contribution < 1.29 is 9.59 Å². The first-order valence-corrected chi connectivity index (χ1v) is 4.37. The van der Waals surface area contributed by atoms with Gasteiger partial charge in [-0.05, 0) is 12.5 Å². The van der Waals surface area contributed by atoms with E-state index in [1.54, 1.807) is 0 Å². The summed E-state index contributed by atoms with van der Waals surface area (Å²) in [5, 5.41) is 0. The maximum absolute atomic E-state index is 11.0. The summed E-state index contributed by atoms with van der Waals surface area (Å²) in [6, 6.07) is 0. The molecule has 0 aromatic carbocycles. The number of hydrogen-bond acceptors (Lipinski definition) is 2. The average molecular weight is 168 g/mol. The molecule has 0 unspecified atom stereocenters. The van der Waals surface area contributed by atoms with E-state index in [0.717, 1.165) is 12.8 Å². The molecule has 0 aliphatic rings. The van der Waals surface area contributed by atoms with E-state index in [1.165, 1.54) is 6.08 Å². The number of unbranched alkanes of at least 4 members (excludes halogenated alkanes) is 1. The Morgan fingerprint density at radius 3 is 2.42 bits per heavy atom. The molecule has 0 radical (unpaired) electrons. The fourth-order valence-electron chi connectivity index (χ4n) is 0.864. The summed E-state index contributed by atoms with van der Waals surface area (Å²) in [7, 11) is 0. The highest BCUT2D eigenvalue weighted by atomic mass is 16.1. The van der Waals surface area contributed by atoms with Crippen LogP contribution < -0.4 is 0 Å². The van der Waals surface area contributed by atoms with E-state index in [1.807, 2.05) is 6.92 Å². The minimum atomic E-state index is -0.0418. The quantitative estimate of drug-likeness (QED) is 0.546. The third-order valence-electron chi connectivity index (χ3n) is 1.69. The SMILES string of the molecule is C=CC(=O)CCC(=O)CCCC. The van der Waals surface area contributed by atoms with E-state index in [9.17, 15) is 9.59 Å². The summed E-state index contributed by atoms with van der Waals surface area (Å²) in [5.74, 6) is 0.145. The molecule has 12 heavy (non-hydrogen) atoms. The van der Waals surface area contributed by atoms with Gasteiger partial charge in [-0.25, -0.2) is 0 Å². The molecule has 2 heteroatoms.